The first kappa shape index (κ1) is 11.0. The van der Waals surface area contributed by atoms with E-state index in [1.807, 2.05) is 26.4 Å². The minimum absolute atomic E-state index is 0.928. The van der Waals surface area contributed by atoms with Crippen LogP contribution >= 0.6 is 0 Å². The number of hydrogen-bond acceptors (Lipinski definition) is 2. The molecule has 0 saturated carbocycles. The van der Waals surface area contributed by atoms with Crippen LogP contribution in [0.15, 0.2) is 30.9 Å². The summed E-state index contributed by atoms with van der Waals surface area (Å²) < 4.78 is 4.38. The minimum atomic E-state index is 0.928. The summed E-state index contributed by atoms with van der Waals surface area (Å²) in [6.07, 6.45) is 8.17. The Morgan fingerprint density at radius 2 is 2.19 bits per heavy atom. The Bertz CT molecular complexity index is 441. The van der Waals surface area contributed by atoms with Crippen molar-refractivity contribution in [2.24, 2.45) is 0 Å². The summed E-state index contributed by atoms with van der Waals surface area (Å²) in [6.45, 7) is 4.92. The van der Waals surface area contributed by atoms with Crippen LogP contribution in [-0.2, 0) is 19.6 Å². The first-order valence-corrected chi connectivity index (χ1v) is 5.56. The zero-order valence-corrected chi connectivity index (χ0v) is 9.85. The zero-order chi connectivity index (χ0) is 11.4. The second-order valence-corrected chi connectivity index (χ2v) is 3.96. The molecule has 0 aromatic carbocycles. The average Bonchev–Trinajstić information content (AvgIpc) is 2.86. The van der Waals surface area contributed by atoms with Gasteiger partial charge in [0.1, 0.15) is 5.82 Å². The van der Waals surface area contributed by atoms with Gasteiger partial charge in [-0.15, -0.1) is 0 Å². The van der Waals surface area contributed by atoms with E-state index in [9.17, 15) is 0 Å². The van der Waals surface area contributed by atoms with Crippen LogP contribution in [0.3, 0.4) is 0 Å². The van der Waals surface area contributed by atoms with E-state index < -0.39 is 0 Å². The van der Waals surface area contributed by atoms with Gasteiger partial charge in [-0.1, -0.05) is 0 Å². The molecule has 2 heterocycles. The molecule has 0 saturated heterocycles. The predicted octanol–water partition coefficient (Wildman–Crippen LogP) is 1.41. The van der Waals surface area contributed by atoms with Crippen molar-refractivity contribution in [2.75, 3.05) is 7.05 Å². The van der Waals surface area contributed by atoms with Crippen LogP contribution in [0.4, 0.5) is 0 Å². The summed E-state index contributed by atoms with van der Waals surface area (Å²) in [5.74, 6) is 1.07. The highest BCUT2D eigenvalue weighted by Crippen LogP contribution is 2.02. The molecule has 2 aromatic rings. The number of hydrogen-bond donors (Lipinski definition) is 1. The quantitative estimate of drug-likeness (QED) is 0.823. The Morgan fingerprint density at radius 1 is 1.31 bits per heavy atom. The molecule has 16 heavy (non-hydrogen) atoms. The van der Waals surface area contributed by atoms with E-state index in [0.29, 0.717) is 0 Å². The Balaban J connectivity index is 1.92. The molecule has 0 aliphatic heterocycles. The highest BCUT2D eigenvalue weighted by atomic mass is 15.1. The third-order valence-corrected chi connectivity index (χ3v) is 2.72. The van der Waals surface area contributed by atoms with Gasteiger partial charge in [-0.3, -0.25) is 0 Å². The molecule has 2 rings (SSSR count). The molecule has 1 N–H and O–H groups in total. The zero-order valence-electron chi connectivity index (χ0n) is 9.85. The van der Waals surface area contributed by atoms with E-state index in [1.54, 1.807) is 0 Å². The van der Waals surface area contributed by atoms with Crippen molar-refractivity contribution in [1.29, 1.82) is 0 Å². The molecular formula is C12H18N4. The molecule has 0 fully saturated rings. The van der Waals surface area contributed by atoms with Gasteiger partial charge < -0.3 is 14.5 Å². The minimum Gasteiger partial charge on any atom is -0.352 e. The van der Waals surface area contributed by atoms with Gasteiger partial charge in [0.05, 0.1) is 0 Å². The summed E-state index contributed by atoms with van der Waals surface area (Å²) in [7, 11) is 1.96. The average molecular weight is 218 g/mol. The van der Waals surface area contributed by atoms with Crippen molar-refractivity contribution in [1.82, 2.24) is 19.4 Å². The normalized spacial score (nSPS) is 10.9. The molecule has 86 valence electrons. The summed E-state index contributed by atoms with van der Waals surface area (Å²) in [4.78, 5) is 4.21. The van der Waals surface area contributed by atoms with Crippen LogP contribution < -0.4 is 5.32 Å². The largest absolute Gasteiger partial charge is 0.352 e. The van der Waals surface area contributed by atoms with Gasteiger partial charge >= 0.3 is 0 Å². The molecule has 2 aromatic heterocycles. The van der Waals surface area contributed by atoms with Crippen molar-refractivity contribution in [3.8, 4) is 0 Å². The first-order chi connectivity index (χ1) is 7.79. The van der Waals surface area contributed by atoms with E-state index >= 15 is 0 Å². The second kappa shape index (κ2) is 4.99. The van der Waals surface area contributed by atoms with Crippen LogP contribution in [0.25, 0.3) is 0 Å². The molecular weight excluding hydrogens is 200 g/mol. The Labute approximate surface area is 95.9 Å². The Morgan fingerprint density at radius 3 is 2.88 bits per heavy atom. The van der Waals surface area contributed by atoms with E-state index in [0.717, 1.165) is 25.5 Å². The van der Waals surface area contributed by atoms with Crippen molar-refractivity contribution < 1.29 is 0 Å². The molecule has 0 atom stereocenters. The number of imidazole rings is 1. The summed E-state index contributed by atoms with van der Waals surface area (Å²) in [5, 5.41) is 3.15. The van der Waals surface area contributed by atoms with Crippen LogP contribution in [0.1, 0.15) is 11.4 Å². The molecule has 0 aliphatic rings. The fourth-order valence-electron chi connectivity index (χ4n) is 1.80. The van der Waals surface area contributed by atoms with Crippen LogP contribution in [-0.4, -0.2) is 21.2 Å². The number of rotatable bonds is 5. The molecule has 0 amide bonds. The highest BCUT2D eigenvalue weighted by Gasteiger charge is 1.98. The second-order valence-electron chi connectivity index (χ2n) is 3.96. The molecule has 0 radical (unpaired) electrons. The molecule has 4 heteroatoms. The molecule has 0 aliphatic carbocycles. The smallest absolute Gasteiger partial charge is 0.105 e. The lowest BCUT2D eigenvalue weighted by molar-refractivity contribution is 0.569. The maximum absolute atomic E-state index is 4.21. The van der Waals surface area contributed by atoms with Crippen molar-refractivity contribution in [3.63, 3.8) is 0 Å². The Hall–Kier alpha value is -1.55. The summed E-state index contributed by atoms with van der Waals surface area (Å²) >= 11 is 0. The van der Waals surface area contributed by atoms with Crippen LogP contribution in [0.2, 0.25) is 0 Å². The van der Waals surface area contributed by atoms with E-state index in [-0.39, 0.29) is 0 Å². The number of aromatic nitrogens is 3. The van der Waals surface area contributed by atoms with Gasteiger partial charge in [0, 0.05) is 44.4 Å². The van der Waals surface area contributed by atoms with E-state index in [4.69, 9.17) is 0 Å². The van der Waals surface area contributed by atoms with Gasteiger partial charge in [0.2, 0.25) is 0 Å². The number of nitrogens with zero attached hydrogens (tertiary/aromatic N) is 3. The first-order valence-electron chi connectivity index (χ1n) is 5.56. The summed E-state index contributed by atoms with van der Waals surface area (Å²) in [5.41, 5.74) is 1.32. The maximum atomic E-state index is 4.21. The van der Waals surface area contributed by atoms with E-state index in [1.165, 1.54) is 5.56 Å². The Kier molecular flexibility index (Phi) is 3.41. The SMILES string of the molecule is CNCc1ccn(CCn2ccnc2C)c1. The van der Waals surface area contributed by atoms with Gasteiger partial charge in [-0.25, -0.2) is 4.98 Å². The molecule has 0 spiro atoms. The lowest BCUT2D eigenvalue weighted by Crippen LogP contribution is -2.07. The monoisotopic (exact) mass is 218 g/mol. The van der Waals surface area contributed by atoms with Crippen LogP contribution in [0.5, 0.6) is 0 Å². The van der Waals surface area contributed by atoms with Gasteiger partial charge in [-0.2, -0.15) is 0 Å². The van der Waals surface area contributed by atoms with Crippen LogP contribution in [0, 0.1) is 6.92 Å². The van der Waals surface area contributed by atoms with Gasteiger partial charge in [0.15, 0.2) is 0 Å². The van der Waals surface area contributed by atoms with Crippen molar-refractivity contribution in [2.45, 2.75) is 26.6 Å². The van der Waals surface area contributed by atoms with Crippen molar-refractivity contribution in [3.05, 3.63) is 42.2 Å². The third kappa shape index (κ3) is 2.52. The predicted molar refractivity (Wildman–Crippen MR) is 64.2 cm³/mol. The molecule has 0 unspecified atom stereocenters. The van der Waals surface area contributed by atoms with Gasteiger partial charge in [0.25, 0.3) is 0 Å². The fraction of sp³-hybridized carbons (Fsp3) is 0.417. The standard InChI is InChI=1S/C12H18N4/c1-11-14-4-6-16(11)8-7-15-5-3-12(10-15)9-13-2/h3-6,10,13H,7-9H2,1-2H3. The summed E-state index contributed by atoms with van der Waals surface area (Å²) in [6, 6.07) is 2.15. The lowest BCUT2D eigenvalue weighted by atomic mass is 10.3. The molecule has 0 bridgehead atoms. The topological polar surface area (TPSA) is 34.8 Å². The molecule has 4 nitrogen and oxygen atoms in total. The highest BCUT2D eigenvalue weighted by molar-refractivity contribution is 5.09. The fourth-order valence-corrected chi connectivity index (χ4v) is 1.80. The lowest BCUT2D eigenvalue weighted by Gasteiger charge is -2.05. The number of nitrogens with one attached hydrogen (secondary N) is 1. The van der Waals surface area contributed by atoms with E-state index in [2.05, 4.69) is 37.9 Å². The third-order valence-electron chi connectivity index (χ3n) is 2.72. The van der Waals surface area contributed by atoms with Crippen molar-refractivity contribution >= 4 is 0 Å². The maximum Gasteiger partial charge on any atom is 0.105 e. The number of aryl methyl sites for hydroxylation is 3. The van der Waals surface area contributed by atoms with Gasteiger partial charge in [-0.05, 0) is 25.6 Å².